The Bertz CT molecular complexity index is 1040. The van der Waals surface area contributed by atoms with Crippen LogP contribution in [0.1, 0.15) is 38.8 Å². The number of ketones is 1. The van der Waals surface area contributed by atoms with Crippen LogP contribution in [0.5, 0.6) is 0 Å². The SMILES string of the molecule is Cc1cccc(NC(=O)[C@@H](C)OC(=O)c2ccccc2C(=O)c2ccccc2)c1. The summed E-state index contributed by atoms with van der Waals surface area (Å²) in [7, 11) is 0. The molecule has 0 saturated heterocycles. The second-order valence-electron chi connectivity index (χ2n) is 6.65. The van der Waals surface area contributed by atoms with E-state index in [4.69, 9.17) is 4.74 Å². The molecule has 0 spiro atoms. The van der Waals surface area contributed by atoms with Crippen LogP contribution < -0.4 is 5.32 Å². The summed E-state index contributed by atoms with van der Waals surface area (Å²) in [6.45, 7) is 3.41. The van der Waals surface area contributed by atoms with Gasteiger partial charge >= 0.3 is 5.97 Å². The van der Waals surface area contributed by atoms with E-state index in [0.717, 1.165) is 5.56 Å². The number of ether oxygens (including phenoxy) is 1. The van der Waals surface area contributed by atoms with E-state index in [2.05, 4.69) is 5.32 Å². The summed E-state index contributed by atoms with van der Waals surface area (Å²) in [5, 5.41) is 2.72. The van der Waals surface area contributed by atoms with Crippen molar-refractivity contribution in [3.8, 4) is 0 Å². The number of esters is 1. The van der Waals surface area contributed by atoms with Crippen molar-refractivity contribution >= 4 is 23.3 Å². The maximum atomic E-state index is 12.8. The van der Waals surface area contributed by atoms with Gasteiger partial charge in [-0.05, 0) is 37.6 Å². The predicted molar refractivity (Wildman–Crippen MR) is 111 cm³/mol. The molecule has 0 fully saturated rings. The van der Waals surface area contributed by atoms with Crippen molar-refractivity contribution in [3.63, 3.8) is 0 Å². The van der Waals surface area contributed by atoms with Crippen LogP contribution in [0.3, 0.4) is 0 Å². The minimum Gasteiger partial charge on any atom is -0.449 e. The summed E-state index contributed by atoms with van der Waals surface area (Å²) in [5.74, 6) is -1.46. The van der Waals surface area contributed by atoms with Crippen molar-refractivity contribution < 1.29 is 19.1 Å². The van der Waals surface area contributed by atoms with Gasteiger partial charge in [0.2, 0.25) is 0 Å². The highest BCUT2D eigenvalue weighted by Crippen LogP contribution is 2.17. The monoisotopic (exact) mass is 387 g/mol. The van der Waals surface area contributed by atoms with Crippen LogP contribution in [-0.2, 0) is 9.53 Å². The first-order valence-corrected chi connectivity index (χ1v) is 9.23. The summed E-state index contributed by atoms with van der Waals surface area (Å²) in [4.78, 5) is 37.8. The number of hydrogen-bond acceptors (Lipinski definition) is 4. The normalized spacial score (nSPS) is 11.4. The molecule has 0 heterocycles. The van der Waals surface area contributed by atoms with Crippen LogP contribution in [0.25, 0.3) is 0 Å². The quantitative estimate of drug-likeness (QED) is 0.502. The molecule has 1 atom stereocenters. The number of carbonyl (C=O) groups excluding carboxylic acids is 3. The maximum Gasteiger partial charge on any atom is 0.339 e. The van der Waals surface area contributed by atoms with Crippen LogP contribution in [0.4, 0.5) is 5.69 Å². The number of rotatable bonds is 6. The number of hydrogen-bond donors (Lipinski definition) is 1. The topological polar surface area (TPSA) is 72.5 Å². The fourth-order valence-electron chi connectivity index (χ4n) is 2.85. The molecule has 3 rings (SSSR count). The van der Waals surface area contributed by atoms with Gasteiger partial charge in [0.05, 0.1) is 5.56 Å². The molecular weight excluding hydrogens is 366 g/mol. The molecule has 29 heavy (non-hydrogen) atoms. The third-order valence-electron chi connectivity index (χ3n) is 4.37. The smallest absolute Gasteiger partial charge is 0.339 e. The van der Waals surface area contributed by atoms with Crippen LogP contribution >= 0.6 is 0 Å². The zero-order valence-electron chi connectivity index (χ0n) is 16.2. The van der Waals surface area contributed by atoms with Gasteiger partial charge in [-0.25, -0.2) is 4.79 Å². The Kier molecular flexibility index (Phi) is 6.19. The highest BCUT2D eigenvalue weighted by molar-refractivity contribution is 6.14. The van der Waals surface area contributed by atoms with Gasteiger partial charge in [0.25, 0.3) is 5.91 Å². The van der Waals surface area contributed by atoms with Crippen molar-refractivity contribution in [1.29, 1.82) is 0 Å². The average molecular weight is 387 g/mol. The van der Waals surface area contributed by atoms with E-state index < -0.39 is 18.0 Å². The Morgan fingerprint density at radius 2 is 1.48 bits per heavy atom. The molecule has 0 aliphatic heterocycles. The predicted octanol–water partition coefficient (Wildman–Crippen LogP) is 4.41. The van der Waals surface area contributed by atoms with Gasteiger partial charge in [0.1, 0.15) is 0 Å². The molecule has 1 N–H and O–H groups in total. The van der Waals surface area contributed by atoms with Gasteiger partial charge in [0, 0.05) is 16.8 Å². The molecular formula is C24H21NO4. The number of carbonyl (C=O) groups is 3. The Morgan fingerprint density at radius 3 is 2.17 bits per heavy atom. The fourth-order valence-corrected chi connectivity index (χ4v) is 2.85. The van der Waals surface area contributed by atoms with E-state index in [0.29, 0.717) is 11.3 Å². The average Bonchev–Trinajstić information content (AvgIpc) is 2.73. The van der Waals surface area contributed by atoms with Crippen LogP contribution in [0.15, 0.2) is 78.9 Å². The Labute approximate surface area is 169 Å². The molecule has 0 radical (unpaired) electrons. The van der Waals surface area contributed by atoms with Gasteiger partial charge < -0.3 is 10.1 Å². The van der Waals surface area contributed by atoms with E-state index in [9.17, 15) is 14.4 Å². The molecule has 0 unspecified atom stereocenters. The summed E-state index contributed by atoms with van der Waals surface area (Å²) in [6, 6.07) is 22.4. The number of benzene rings is 3. The van der Waals surface area contributed by atoms with E-state index in [1.165, 1.54) is 13.0 Å². The number of aryl methyl sites for hydroxylation is 1. The standard InChI is InChI=1S/C24H21NO4/c1-16-9-8-12-19(15-16)25-23(27)17(2)29-24(28)21-14-7-6-13-20(21)22(26)18-10-4-3-5-11-18/h3-15,17H,1-2H3,(H,25,27)/t17-/m1/s1. The molecule has 0 aliphatic rings. The summed E-state index contributed by atoms with van der Waals surface area (Å²) in [5.41, 5.74) is 2.45. The largest absolute Gasteiger partial charge is 0.449 e. The minimum absolute atomic E-state index is 0.122. The van der Waals surface area contributed by atoms with Gasteiger partial charge in [-0.1, -0.05) is 60.7 Å². The number of amides is 1. The zero-order chi connectivity index (χ0) is 20.8. The van der Waals surface area contributed by atoms with E-state index in [1.54, 1.807) is 48.5 Å². The maximum absolute atomic E-state index is 12.8. The second kappa shape index (κ2) is 8.97. The van der Waals surface area contributed by atoms with Crippen molar-refractivity contribution in [2.75, 3.05) is 5.32 Å². The third-order valence-corrected chi connectivity index (χ3v) is 4.37. The lowest BCUT2D eigenvalue weighted by Gasteiger charge is -2.15. The first kappa shape index (κ1) is 20.0. The molecule has 0 aromatic heterocycles. The fraction of sp³-hybridized carbons (Fsp3) is 0.125. The highest BCUT2D eigenvalue weighted by Gasteiger charge is 2.23. The van der Waals surface area contributed by atoms with Crippen molar-refractivity contribution in [2.45, 2.75) is 20.0 Å². The summed E-state index contributed by atoms with van der Waals surface area (Å²) in [6.07, 6.45) is -1.03. The molecule has 146 valence electrons. The first-order valence-electron chi connectivity index (χ1n) is 9.23. The van der Waals surface area contributed by atoms with Gasteiger partial charge in [0.15, 0.2) is 11.9 Å². The third kappa shape index (κ3) is 4.96. The lowest BCUT2D eigenvalue weighted by atomic mass is 9.98. The Balaban J connectivity index is 1.74. The number of nitrogens with one attached hydrogen (secondary N) is 1. The molecule has 3 aromatic carbocycles. The molecule has 3 aromatic rings. The van der Waals surface area contributed by atoms with E-state index in [-0.39, 0.29) is 16.9 Å². The first-order chi connectivity index (χ1) is 14.0. The molecule has 0 saturated carbocycles. The van der Waals surface area contributed by atoms with Crippen LogP contribution in [-0.4, -0.2) is 23.8 Å². The van der Waals surface area contributed by atoms with E-state index in [1.807, 2.05) is 31.2 Å². The molecule has 5 nitrogen and oxygen atoms in total. The summed E-state index contributed by atoms with van der Waals surface area (Å²) < 4.78 is 5.32. The summed E-state index contributed by atoms with van der Waals surface area (Å²) >= 11 is 0. The minimum atomic E-state index is -1.03. The van der Waals surface area contributed by atoms with Crippen LogP contribution in [0.2, 0.25) is 0 Å². The molecule has 1 amide bonds. The van der Waals surface area contributed by atoms with Crippen LogP contribution in [0, 0.1) is 6.92 Å². The molecule has 0 bridgehead atoms. The van der Waals surface area contributed by atoms with Gasteiger partial charge in [-0.2, -0.15) is 0 Å². The van der Waals surface area contributed by atoms with Crippen molar-refractivity contribution in [3.05, 3.63) is 101 Å². The van der Waals surface area contributed by atoms with Crippen molar-refractivity contribution in [1.82, 2.24) is 0 Å². The molecule has 0 aliphatic carbocycles. The Hall–Kier alpha value is -3.73. The lowest BCUT2D eigenvalue weighted by molar-refractivity contribution is -0.123. The van der Waals surface area contributed by atoms with Gasteiger partial charge in [-0.15, -0.1) is 0 Å². The Morgan fingerprint density at radius 1 is 0.828 bits per heavy atom. The van der Waals surface area contributed by atoms with Gasteiger partial charge in [-0.3, -0.25) is 9.59 Å². The highest BCUT2D eigenvalue weighted by atomic mass is 16.5. The van der Waals surface area contributed by atoms with Crippen molar-refractivity contribution in [2.24, 2.45) is 0 Å². The lowest BCUT2D eigenvalue weighted by Crippen LogP contribution is -2.30. The molecule has 5 heteroatoms. The second-order valence-corrected chi connectivity index (χ2v) is 6.65. The van der Waals surface area contributed by atoms with E-state index >= 15 is 0 Å². The zero-order valence-corrected chi connectivity index (χ0v) is 16.2. The number of anilines is 1.